The number of rotatable bonds is 6. The highest BCUT2D eigenvalue weighted by atomic mass is 19.1. The van der Waals surface area contributed by atoms with Gasteiger partial charge in [0.05, 0.1) is 6.54 Å². The van der Waals surface area contributed by atoms with Crippen LogP contribution in [0.1, 0.15) is 26.2 Å². The van der Waals surface area contributed by atoms with E-state index < -0.39 is 0 Å². The molecule has 1 aromatic rings. The number of ether oxygens (including phenoxy) is 2. The first-order chi connectivity index (χ1) is 12.2. The SMILES string of the molecule is CCCN1CCC(N2C[C@H](COc3ccc(F)cc3)OCC2=O)CC1. The van der Waals surface area contributed by atoms with E-state index in [0.717, 1.165) is 32.5 Å². The third-order valence-corrected chi connectivity index (χ3v) is 4.95. The second kappa shape index (κ2) is 8.63. The van der Waals surface area contributed by atoms with Crippen LogP contribution >= 0.6 is 0 Å². The van der Waals surface area contributed by atoms with E-state index in [9.17, 15) is 9.18 Å². The maximum Gasteiger partial charge on any atom is 0.248 e. The van der Waals surface area contributed by atoms with Gasteiger partial charge in [-0.05, 0) is 50.1 Å². The highest BCUT2D eigenvalue weighted by Gasteiger charge is 2.33. The highest BCUT2D eigenvalue weighted by Crippen LogP contribution is 2.21. The second-order valence-corrected chi connectivity index (χ2v) is 6.82. The molecule has 5 nitrogen and oxygen atoms in total. The summed E-state index contributed by atoms with van der Waals surface area (Å²) in [6, 6.07) is 6.25. The smallest absolute Gasteiger partial charge is 0.248 e. The first-order valence-electron chi connectivity index (χ1n) is 9.17. The normalized spacial score (nSPS) is 23.0. The maximum atomic E-state index is 12.9. The zero-order valence-electron chi connectivity index (χ0n) is 14.8. The van der Waals surface area contributed by atoms with Crippen molar-refractivity contribution in [2.45, 2.75) is 38.3 Å². The molecule has 0 radical (unpaired) electrons. The van der Waals surface area contributed by atoms with Crippen molar-refractivity contribution in [2.24, 2.45) is 0 Å². The van der Waals surface area contributed by atoms with Gasteiger partial charge in [-0.2, -0.15) is 0 Å². The van der Waals surface area contributed by atoms with Crippen LogP contribution in [-0.4, -0.2) is 67.2 Å². The molecule has 0 bridgehead atoms. The molecule has 1 atom stereocenters. The van der Waals surface area contributed by atoms with Crippen molar-refractivity contribution in [2.75, 3.05) is 39.4 Å². The quantitative estimate of drug-likeness (QED) is 0.790. The van der Waals surface area contributed by atoms with Crippen LogP contribution in [0.3, 0.4) is 0 Å². The summed E-state index contributed by atoms with van der Waals surface area (Å²) < 4.78 is 24.2. The molecular weight excluding hydrogens is 323 g/mol. The maximum absolute atomic E-state index is 12.9. The summed E-state index contributed by atoms with van der Waals surface area (Å²) in [5.74, 6) is 0.403. The molecule has 0 N–H and O–H groups in total. The van der Waals surface area contributed by atoms with Crippen LogP contribution < -0.4 is 4.74 Å². The first kappa shape index (κ1) is 18.1. The summed E-state index contributed by atoms with van der Waals surface area (Å²) in [6.45, 7) is 6.50. The van der Waals surface area contributed by atoms with Gasteiger partial charge in [0.1, 0.15) is 30.9 Å². The van der Waals surface area contributed by atoms with Gasteiger partial charge in [-0.1, -0.05) is 6.92 Å². The number of likely N-dealkylation sites (tertiary alicyclic amines) is 1. The van der Waals surface area contributed by atoms with Crippen LogP contribution in [0.15, 0.2) is 24.3 Å². The first-order valence-corrected chi connectivity index (χ1v) is 9.17. The summed E-state index contributed by atoms with van der Waals surface area (Å²) in [5.41, 5.74) is 0. The van der Waals surface area contributed by atoms with E-state index in [0.29, 0.717) is 24.9 Å². The van der Waals surface area contributed by atoms with Crippen LogP contribution in [0.25, 0.3) is 0 Å². The van der Waals surface area contributed by atoms with Crippen molar-refractivity contribution < 1.29 is 18.7 Å². The molecule has 0 aromatic heterocycles. The minimum atomic E-state index is -0.285. The number of hydrogen-bond donors (Lipinski definition) is 0. The lowest BCUT2D eigenvalue weighted by molar-refractivity contribution is -0.155. The van der Waals surface area contributed by atoms with Gasteiger partial charge < -0.3 is 19.3 Å². The number of piperidine rings is 1. The van der Waals surface area contributed by atoms with Gasteiger partial charge in [-0.3, -0.25) is 4.79 Å². The van der Waals surface area contributed by atoms with Crippen LogP contribution in [0.2, 0.25) is 0 Å². The molecule has 1 aromatic carbocycles. The Morgan fingerprint density at radius 2 is 1.96 bits per heavy atom. The van der Waals surface area contributed by atoms with Gasteiger partial charge >= 0.3 is 0 Å². The van der Waals surface area contributed by atoms with E-state index in [1.54, 1.807) is 12.1 Å². The lowest BCUT2D eigenvalue weighted by Gasteiger charge is -2.42. The number of amides is 1. The fourth-order valence-electron chi connectivity index (χ4n) is 3.59. The van der Waals surface area contributed by atoms with Gasteiger partial charge in [-0.15, -0.1) is 0 Å². The third-order valence-electron chi connectivity index (χ3n) is 4.95. The molecule has 0 unspecified atom stereocenters. The lowest BCUT2D eigenvalue weighted by Crippen LogP contribution is -2.55. The molecule has 2 fully saturated rings. The van der Waals surface area contributed by atoms with Crippen LogP contribution in [-0.2, 0) is 9.53 Å². The number of halogens is 1. The number of morpholine rings is 1. The molecule has 0 spiro atoms. The van der Waals surface area contributed by atoms with Gasteiger partial charge in [0.25, 0.3) is 0 Å². The van der Waals surface area contributed by atoms with Crippen molar-refractivity contribution in [1.29, 1.82) is 0 Å². The van der Waals surface area contributed by atoms with Crippen molar-refractivity contribution >= 4 is 5.91 Å². The predicted octanol–water partition coefficient (Wildman–Crippen LogP) is 2.31. The van der Waals surface area contributed by atoms with Gasteiger partial charge in [0.2, 0.25) is 5.91 Å². The summed E-state index contributed by atoms with van der Waals surface area (Å²) in [7, 11) is 0. The highest BCUT2D eigenvalue weighted by molar-refractivity contribution is 5.78. The van der Waals surface area contributed by atoms with E-state index in [1.165, 1.54) is 18.6 Å². The molecule has 0 saturated carbocycles. The predicted molar refractivity (Wildman–Crippen MR) is 93.1 cm³/mol. The molecular formula is C19H27FN2O3. The Kier molecular flexibility index (Phi) is 6.26. The Hall–Kier alpha value is -1.66. The lowest BCUT2D eigenvalue weighted by atomic mass is 10.0. The molecule has 2 aliphatic rings. The Morgan fingerprint density at radius 3 is 2.64 bits per heavy atom. The topological polar surface area (TPSA) is 42.0 Å². The van der Waals surface area contributed by atoms with Crippen molar-refractivity contribution in [3.8, 4) is 5.75 Å². The average molecular weight is 350 g/mol. The Bertz CT molecular complexity index is 558. The van der Waals surface area contributed by atoms with Gasteiger partial charge in [0, 0.05) is 19.1 Å². The second-order valence-electron chi connectivity index (χ2n) is 6.82. The van der Waals surface area contributed by atoms with Crippen LogP contribution in [0.4, 0.5) is 4.39 Å². The summed E-state index contributed by atoms with van der Waals surface area (Å²) >= 11 is 0. The minimum Gasteiger partial charge on any atom is -0.491 e. The fraction of sp³-hybridized carbons (Fsp3) is 0.632. The molecule has 1 amide bonds. The summed E-state index contributed by atoms with van der Waals surface area (Å²) in [5, 5.41) is 0. The number of nitrogens with zero attached hydrogens (tertiary/aromatic N) is 2. The number of benzene rings is 1. The molecule has 0 aliphatic carbocycles. The molecule has 6 heteroatoms. The van der Waals surface area contributed by atoms with Crippen molar-refractivity contribution in [3.63, 3.8) is 0 Å². The Morgan fingerprint density at radius 1 is 1.24 bits per heavy atom. The van der Waals surface area contributed by atoms with E-state index >= 15 is 0 Å². The molecule has 2 heterocycles. The third kappa shape index (κ3) is 4.92. The van der Waals surface area contributed by atoms with E-state index in [4.69, 9.17) is 9.47 Å². The largest absolute Gasteiger partial charge is 0.491 e. The Labute approximate surface area is 148 Å². The van der Waals surface area contributed by atoms with Crippen LogP contribution in [0.5, 0.6) is 5.75 Å². The monoisotopic (exact) mass is 350 g/mol. The van der Waals surface area contributed by atoms with Crippen molar-refractivity contribution in [3.05, 3.63) is 30.1 Å². The number of carbonyl (C=O) groups excluding carboxylic acids is 1. The minimum absolute atomic E-state index is 0.0759. The van der Waals surface area contributed by atoms with Crippen LogP contribution in [0, 0.1) is 5.82 Å². The van der Waals surface area contributed by atoms with E-state index in [2.05, 4.69) is 11.8 Å². The zero-order valence-corrected chi connectivity index (χ0v) is 14.8. The number of carbonyl (C=O) groups is 1. The fourth-order valence-corrected chi connectivity index (χ4v) is 3.59. The average Bonchev–Trinajstić information content (AvgIpc) is 2.63. The summed E-state index contributed by atoms with van der Waals surface area (Å²) in [4.78, 5) is 16.7. The standard InChI is InChI=1S/C19H27FN2O3/c1-2-9-21-10-7-16(8-11-21)22-12-18(25-14-19(22)23)13-24-17-5-3-15(20)4-6-17/h3-6,16,18H,2,7-14H2,1H3/t18-/m1/s1. The zero-order chi connectivity index (χ0) is 17.6. The van der Waals surface area contributed by atoms with E-state index in [-0.39, 0.29) is 24.4 Å². The summed E-state index contributed by atoms with van der Waals surface area (Å²) in [6.07, 6.45) is 3.08. The molecule has 138 valence electrons. The molecule has 3 rings (SSSR count). The van der Waals surface area contributed by atoms with Gasteiger partial charge in [-0.25, -0.2) is 4.39 Å². The molecule has 2 saturated heterocycles. The number of hydrogen-bond acceptors (Lipinski definition) is 4. The van der Waals surface area contributed by atoms with Crippen molar-refractivity contribution in [1.82, 2.24) is 9.80 Å². The molecule has 2 aliphatic heterocycles. The Balaban J connectivity index is 1.49. The molecule has 25 heavy (non-hydrogen) atoms. The van der Waals surface area contributed by atoms with E-state index in [1.807, 2.05) is 4.90 Å². The van der Waals surface area contributed by atoms with Gasteiger partial charge in [0.15, 0.2) is 0 Å².